The van der Waals surface area contributed by atoms with Crippen LogP contribution >= 0.6 is 0 Å². The molecule has 0 bridgehead atoms. The summed E-state index contributed by atoms with van der Waals surface area (Å²) in [7, 11) is 0. The molecule has 0 saturated heterocycles. The number of aromatic hydroxyl groups is 1. The Kier molecular flexibility index (Phi) is 5.19. The number of ether oxygens (including phenoxy) is 1. The maximum absolute atomic E-state index is 10.3. The fourth-order valence-electron chi connectivity index (χ4n) is 2.05. The Balaban J connectivity index is 2.20. The zero-order valence-electron chi connectivity index (χ0n) is 13.2. The van der Waals surface area contributed by atoms with E-state index >= 15 is 0 Å². The number of nitrogens with two attached hydrogens (primary N) is 2. The zero-order chi connectivity index (χ0) is 16.8. The minimum absolute atomic E-state index is 0.0996. The average Bonchev–Trinajstić information content (AvgIpc) is 2.55. The van der Waals surface area contributed by atoms with Crippen LogP contribution in [0.2, 0.25) is 0 Å². The third kappa shape index (κ3) is 4.23. The second-order valence-corrected chi connectivity index (χ2v) is 5.07. The second kappa shape index (κ2) is 7.31. The van der Waals surface area contributed by atoms with E-state index in [0.29, 0.717) is 29.2 Å². The Hall–Kier alpha value is -3.02. The smallest absolute Gasteiger partial charge is 0.211 e. The van der Waals surface area contributed by atoms with E-state index < -0.39 is 0 Å². The molecular weight excluding hydrogens is 292 g/mol. The fourth-order valence-corrected chi connectivity index (χ4v) is 2.05. The Bertz CT molecular complexity index is 736. The van der Waals surface area contributed by atoms with Crippen LogP contribution in [0.4, 0.5) is 0 Å². The predicted molar refractivity (Wildman–Crippen MR) is 91.6 cm³/mol. The highest BCUT2D eigenvalue weighted by Crippen LogP contribution is 2.31. The third-order valence-corrected chi connectivity index (χ3v) is 3.32. The van der Waals surface area contributed by atoms with E-state index in [1.165, 1.54) is 0 Å². The first-order valence-corrected chi connectivity index (χ1v) is 7.12. The van der Waals surface area contributed by atoms with Crippen LogP contribution in [-0.4, -0.2) is 16.8 Å². The van der Waals surface area contributed by atoms with Gasteiger partial charge in [-0.15, -0.1) is 5.10 Å². The molecule has 0 heterocycles. The Labute approximate surface area is 135 Å². The molecule has 0 aliphatic heterocycles. The molecule has 6 nitrogen and oxygen atoms in total. The van der Waals surface area contributed by atoms with Crippen LogP contribution in [0.1, 0.15) is 23.6 Å². The molecule has 0 fully saturated rings. The van der Waals surface area contributed by atoms with Gasteiger partial charge in [0.15, 0.2) is 0 Å². The van der Waals surface area contributed by atoms with Gasteiger partial charge in [-0.1, -0.05) is 30.3 Å². The van der Waals surface area contributed by atoms with E-state index in [4.69, 9.17) is 16.2 Å². The monoisotopic (exact) mass is 312 g/mol. The molecule has 2 rings (SSSR count). The van der Waals surface area contributed by atoms with Crippen molar-refractivity contribution >= 4 is 11.7 Å². The molecule has 120 valence electrons. The number of phenolic OH excluding ortho intramolecular Hbond substituents is 1. The molecule has 0 amide bonds. The Morgan fingerprint density at radius 3 is 2.43 bits per heavy atom. The van der Waals surface area contributed by atoms with E-state index in [2.05, 4.69) is 10.2 Å². The minimum atomic E-state index is -0.136. The summed E-state index contributed by atoms with van der Waals surface area (Å²) in [4.78, 5) is 0. The Morgan fingerprint density at radius 1 is 1.09 bits per heavy atom. The molecule has 23 heavy (non-hydrogen) atoms. The maximum atomic E-state index is 10.3. The highest BCUT2D eigenvalue weighted by Gasteiger charge is 2.12. The molecule has 2 aromatic rings. The van der Waals surface area contributed by atoms with Crippen molar-refractivity contribution in [3.8, 4) is 11.5 Å². The summed E-state index contributed by atoms with van der Waals surface area (Å²) in [5, 5.41) is 17.8. The van der Waals surface area contributed by atoms with Gasteiger partial charge in [0, 0.05) is 11.1 Å². The molecule has 2 aromatic carbocycles. The van der Waals surface area contributed by atoms with Gasteiger partial charge in [0.25, 0.3) is 0 Å². The summed E-state index contributed by atoms with van der Waals surface area (Å²) in [6.07, 6.45) is 0. The normalized spacial score (nSPS) is 11.1. The SMILES string of the molecule is CC(=NN=C(N)N)c1ccc(OCc2ccccc2)c(C)c1O. The minimum Gasteiger partial charge on any atom is -0.507 e. The lowest BCUT2D eigenvalue weighted by Crippen LogP contribution is -2.22. The summed E-state index contributed by atoms with van der Waals surface area (Å²) in [5.41, 5.74) is 13.2. The first-order valence-electron chi connectivity index (χ1n) is 7.12. The molecule has 0 aromatic heterocycles. The van der Waals surface area contributed by atoms with E-state index in [9.17, 15) is 5.11 Å². The van der Waals surface area contributed by atoms with Crippen molar-refractivity contribution in [3.05, 3.63) is 59.2 Å². The summed E-state index contributed by atoms with van der Waals surface area (Å²) >= 11 is 0. The third-order valence-electron chi connectivity index (χ3n) is 3.32. The molecule has 5 N–H and O–H groups in total. The molecule has 0 spiro atoms. The van der Waals surface area contributed by atoms with Crippen LogP contribution < -0.4 is 16.2 Å². The molecule has 0 atom stereocenters. The topological polar surface area (TPSA) is 106 Å². The summed E-state index contributed by atoms with van der Waals surface area (Å²) in [6.45, 7) is 3.93. The lowest BCUT2D eigenvalue weighted by atomic mass is 10.1. The van der Waals surface area contributed by atoms with Gasteiger partial charge in [-0.05, 0) is 31.5 Å². The van der Waals surface area contributed by atoms with Crippen LogP contribution in [0.3, 0.4) is 0 Å². The number of guanidine groups is 1. The van der Waals surface area contributed by atoms with Crippen LogP contribution in [0, 0.1) is 6.92 Å². The summed E-state index contributed by atoms with van der Waals surface area (Å²) in [6, 6.07) is 13.3. The van der Waals surface area contributed by atoms with Gasteiger partial charge in [-0.25, -0.2) is 0 Å². The van der Waals surface area contributed by atoms with Gasteiger partial charge in [0.2, 0.25) is 5.96 Å². The van der Waals surface area contributed by atoms with E-state index in [-0.39, 0.29) is 11.7 Å². The number of benzene rings is 2. The van der Waals surface area contributed by atoms with Crippen molar-refractivity contribution in [2.24, 2.45) is 21.7 Å². The maximum Gasteiger partial charge on any atom is 0.211 e. The molecule has 0 saturated carbocycles. The first kappa shape index (κ1) is 16.4. The molecule has 0 radical (unpaired) electrons. The number of phenols is 1. The highest BCUT2D eigenvalue weighted by atomic mass is 16.5. The van der Waals surface area contributed by atoms with Gasteiger partial charge in [-0.2, -0.15) is 5.10 Å². The van der Waals surface area contributed by atoms with Crippen LogP contribution in [0.5, 0.6) is 11.5 Å². The summed E-state index contributed by atoms with van der Waals surface area (Å²) in [5.74, 6) is 0.579. The second-order valence-electron chi connectivity index (χ2n) is 5.07. The number of nitrogens with zero attached hydrogens (tertiary/aromatic N) is 2. The zero-order valence-corrected chi connectivity index (χ0v) is 13.2. The number of rotatable bonds is 5. The first-order chi connectivity index (χ1) is 11.0. The van der Waals surface area contributed by atoms with Crippen molar-refractivity contribution in [2.75, 3.05) is 0 Å². The van der Waals surface area contributed by atoms with Gasteiger partial charge in [-0.3, -0.25) is 0 Å². The fraction of sp³-hybridized carbons (Fsp3) is 0.176. The molecule has 6 heteroatoms. The van der Waals surface area contributed by atoms with Gasteiger partial charge in [0.1, 0.15) is 18.1 Å². The van der Waals surface area contributed by atoms with Crippen molar-refractivity contribution in [1.82, 2.24) is 0 Å². The summed E-state index contributed by atoms with van der Waals surface area (Å²) < 4.78 is 5.77. The lowest BCUT2D eigenvalue weighted by Gasteiger charge is -2.13. The molecule has 0 aliphatic carbocycles. The quantitative estimate of drug-likeness (QED) is 0.447. The van der Waals surface area contributed by atoms with E-state index in [1.54, 1.807) is 26.0 Å². The molecular formula is C17H20N4O2. The van der Waals surface area contributed by atoms with Crippen molar-refractivity contribution in [3.63, 3.8) is 0 Å². The Morgan fingerprint density at radius 2 is 1.78 bits per heavy atom. The standard InChI is InChI=1S/C17H20N4O2/c1-11-15(23-10-13-6-4-3-5-7-13)9-8-14(16(11)22)12(2)20-21-17(18)19/h3-9,22H,10H2,1-2H3,(H4,18,19,21). The average molecular weight is 312 g/mol. The van der Waals surface area contributed by atoms with Crippen LogP contribution in [0.25, 0.3) is 0 Å². The van der Waals surface area contributed by atoms with Crippen LogP contribution in [0.15, 0.2) is 52.7 Å². The lowest BCUT2D eigenvalue weighted by molar-refractivity contribution is 0.302. The largest absolute Gasteiger partial charge is 0.507 e. The van der Waals surface area contributed by atoms with Gasteiger partial charge in [0.05, 0.1) is 5.71 Å². The van der Waals surface area contributed by atoms with E-state index in [1.807, 2.05) is 30.3 Å². The van der Waals surface area contributed by atoms with E-state index in [0.717, 1.165) is 5.56 Å². The van der Waals surface area contributed by atoms with Crippen molar-refractivity contribution < 1.29 is 9.84 Å². The van der Waals surface area contributed by atoms with Crippen molar-refractivity contribution in [1.29, 1.82) is 0 Å². The van der Waals surface area contributed by atoms with Crippen LogP contribution in [-0.2, 0) is 6.61 Å². The number of hydrogen-bond acceptors (Lipinski definition) is 4. The molecule has 0 unspecified atom stereocenters. The predicted octanol–water partition coefficient (Wildman–Crippen LogP) is 2.28. The molecule has 0 aliphatic rings. The van der Waals surface area contributed by atoms with Gasteiger partial charge < -0.3 is 21.3 Å². The van der Waals surface area contributed by atoms with Gasteiger partial charge >= 0.3 is 0 Å². The van der Waals surface area contributed by atoms with Crippen molar-refractivity contribution in [2.45, 2.75) is 20.5 Å². The number of hydrogen-bond donors (Lipinski definition) is 3. The highest BCUT2D eigenvalue weighted by molar-refractivity contribution is 6.01.